The zero-order chi connectivity index (χ0) is 16.2. The molecule has 1 amide bonds. The Kier molecular flexibility index (Phi) is 5.45. The van der Waals surface area contributed by atoms with Gasteiger partial charge in [0.2, 0.25) is 15.9 Å². The minimum atomic E-state index is -3.80. The van der Waals surface area contributed by atoms with Gasteiger partial charge in [0, 0.05) is 19.2 Å². The van der Waals surface area contributed by atoms with Gasteiger partial charge in [0.1, 0.15) is 0 Å². The van der Waals surface area contributed by atoms with E-state index in [1.54, 1.807) is 6.92 Å². The van der Waals surface area contributed by atoms with E-state index in [9.17, 15) is 18.0 Å². The SMILES string of the molecule is COC(=O)CCN(C)S(=O)(=O)c1ccc(C)c(C(N)=O)c1. The van der Waals surface area contributed by atoms with Gasteiger partial charge in [0.25, 0.3) is 0 Å². The summed E-state index contributed by atoms with van der Waals surface area (Å²) >= 11 is 0. The number of benzene rings is 1. The van der Waals surface area contributed by atoms with E-state index < -0.39 is 21.9 Å². The molecule has 0 unspecified atom stereocenters. The molecule has 21 heavy (non-hydrogen) atoms. The molecule has 116 valence electrons. The molecule has 0 aliphatic heterocycles. The Balaban J connectivity index is 3.05. The molecule has 0 fully saturated rings. The maximum absolute atomic E-state index is 12.3. The number of aryl methyl sites for hydroxylation is 1. The highest BCUT2D eigenvalue weighted by molar-refractivity contribution is 7.89. The van der Waals surface area contributed by atoms with Crippen LogP contribution in [0.5, 0.6) is 0 Å². The molecule has 2 N–H and O–H groups in total. The van der Waals surface area contributed by atoms with Crippen LogP contribution in [-0.4, -0.2) is 45.3 Å². The summed E-state index contributed by atoms with van der Waals surface area (Å²) in [5.74, 6) is -1.19. The summed E-state index contributed by atoms with van der Waals surface area (Å²) in [6, 6.07) is 4.15. The van der Waals surface area contributed by atoms with E-state index in [2.05, 4.69) is 4.74 Å². The van der Waals surface area contributed by atoms with Crippen molar-refractivity contribution in [1.29, 1.82) is 0 Å². The normalized spacial score (nSPS) is 11.4. The number of ether oxygens (including phenoxy) is 1. The summed E-state index contributed by atoms with van der Waals surface area (Å²) in [6.45, 7) is 1.65. The van der Waals surface area contributed by atoms with Gasteiger partial charge in [-0.2, -0.15) is 0 Å². The second-order valence-electron chi connectivity index (χ2n) is 4.49. The van der Waals surface area contributed by atoms with Crippen LogP contribution in [0.4, 0.5) is 0 Å². The van der Waals surface area contributed by atoms with Gasteiger partial charge in [-0.3, -0.25) is 9.59 Å². The zero-order valence-corrected chi connectivity index (χ0v) is 12.9. The molecular weight excluding hydrogens is 296 g/mol. The van der Waals surface area contributed by atoms with E-state index in [4.69, 9.17) is 5.73 Å². The van der Waals surface area contributed by atoms with Gasteiger partial charge in [0.05, 0.1) is 18.4 Å². The maximum Gasteiger partial charge on any atom is 0.306 e. The van der Waals surface area contributed by atoms with Crippen LogP contribution in [0, 0.1) is 6.92 Å². The van der Waals surface area contributed by atoms with Crippen molar-refractivity contribution in [1.82, 2.24) is 4.31 Å². The Hall–Kier alpha value is -1.93. The molecule has 0 aliphatic carbocycles. The zero-order valence-electron chi connectivity index (χ0n) is 12.1. The Bertz CT molecular complexity index is 655. The molecule has 8 heteroatoms. The molecule has 1 aromatic carbocycles. The first-order valence-electron chi connectivity index (χ1n) is 6.13. The fourth-order valence-electron chi connectivity index (χ4n) is 1.68. The summed E-state index contributed by atoms with van der Waals surface area (Å²) in [6.07, 6.45) is -0.0548. The summed E-state index contributed by atoms with van der Waals surface area (Å²) < 4.78 is 30.2. The summed E-state index contributed by atoms with van der Waals surface area (Å²) in [5, 5.41) is 0. The van der Waals surface area contributed by atoms with E-state index >= 15 is 0 Å². The van der Waals surface area contributed by atoms with Crippen LogP contribution in [0.15, 0.2) is 23.1 Å². The molecule has 0 aliphatic rings. The van der Waals surface area contributed by atoms with Crippen molar-refractivity contribution in [3.05, 3.63) is 29.3 Å². The van der Waals surface area contributed by atoms with Crippen LogP contribution in [0.1, 0.15) is 22.3 Å². The van der Waals surface area contributed by atoms with Crippen LogP contribution < -0.4 is 5.73 Å². The van der Waals surface area contributed by atoms with Crippen LogP contribution in [0.2, 0.25) is 0 Å². The number of primary amides is 1. The molecule has 0 bridgehead atoms. The Morgan fingerprint density at radius 3 is 2.48 bits per heavy atom. The lowest BCUT2D eigenvalue weighted by molar-refractivity contribution is -0.140. The van der Waals surface area contributed by atoms with Crippen LogP contribution in [0.25, 0.3) is 0 Å². The minimum absolute atomic E-state index is 0.0191. The summed E-state index contributed by atoms with van der Waals surface area (Å²) in [5.41, 5.74) is 5.96. The molecule has 1 rings (SSSR count). The predicted octanol–water partition coefficient (Wildman–Crippen LogP) is 0.278. The molecule has 0 heterocycles. The Labute approximate surface area is 123 Å². The van der Waals surface area contributed by atoms with Gasteiger partial charge in [-0.15, -0.1) is 0 Å². The first-order valence-corrected chi connectivity index (χ1v) is 7.57. The lowest BCUT2D eigenvalue weighted by Crippen LogP contribution is -2.29. The number of methoxy groups -OCH3 is 1. The number of sulfonamides is 1. The number of hydrogen-bond acceptors (Lipinski definition) is 5. The fourth-order valence-corrected chi connectivity index (χ4v) is 2.88. The number of nitrogens with zero attached hydrogens (tertiary/aromatic N) is 1. The fraction of sp³-hybridized carbons (Fsp3) is 0.385. The second kappa shape index (κ2) is 6.68. The quantitative estimate of drug-likeness (QED) is 0.759. The highest BCUT2D eigenvalue weighted by atomic mass is 32.2. The number of nitrogens with two attached hydrogens (primary N) is 1. The van der Waals surface area contributed by atoms with Gasteiger partial charge in [0.15, 0.2) is 0 Å². The Morgan fingerprint density at radius 1 is 1.33 bits per heavy atom. The standard InChI is InChI=1S/C13H18N2O5S/c1-9-4-5-10(8-11(9)13(14)17)21(18,19)15(2)7-6-12(16)20-3/h4-5,8H,6-7H2,1-3H3,(H2,14,17). The number of hydrogen-bond donors (Lipinski definition) is 1. The van der Waals surface area contributed by atoms with Crippen molar-refractivity contribution >= 4 is 21.9 Å². The highest BCUT2D eigenvalue weighted by Gasteiger charge is 2.23. The maximum atomic E-state index is 12.3. The lowest BCUT2D eigenvalue weighted by atomic mass is 10.1. The third-order valence-electron chi connectivity index (χ3n) is 3.04. The van der Waals surface area contributed by atoms with Crippen molar-refractivity contribution in [2.24, 2.45) is 5.73 Å². The average Bonchev–Trinajstić information content (AvgIpc) is 2.43. The highest BCUT2D eigenvalue weighted by Crippen LogP contribution is 2.18. The molecule has 0 aromatic heterocycles. The van der Waals surface area contributed by atoms with Crippen molar-refractivity contribution in [3.8, 4) is 0 Å². The smallest absolute Gasteiger partial charge is 0.306 e. The van der Waals surface area contributed by atoms with E-state index in [-0.39, 0.29) is 23.4 Å². The van der Waals surface area contributed by atoms with Crippen LogP contribution in [0.3, 0.4) is 0 Å². The summed E-state index contributed by atoms with van der Waals surface area (Å²) in [4.78, 5) is 22.3. The Morgan fingerprint density at radius 2 is 1.95 bits per heavy atom. The number of carbonyl (C=O) groups is 2. The van der Waals surface area contributed by atoms with Gasteiger partial charge >= 0.3 is 5.97 Å². The van der Waals surface area contributed by atoms with Crippen molar-refractivity contribution < 1.29 is 22.7 Å². The second-order valence-corrected chi connectivity index (χ2v) is 6.54. The average molecular weight is 314 g/mol. The lowest BCUT2D eigenvalue weighted by Gasteiger charge is -2.17. The van der Waals surface area contributed by atoms with Crippen LogP contribution >= 0.6 is 0 Å². The van der Waals surface area contributed by atoms with Gasteiger partial charge < -0.3 is 10.5 Å². The van der Waals surface area contributed by atoms with Crippen molar-refractivity contribution in [3.63, 3.8) is 0 Å². The van der Waals surface area contributed by atoms with E-state index in [1.807, 2.05) is 0 Å². The van der Waals surface area contributed by atoms with E-state index in [0.717, 1.165) is 4.31 Å². The van der Waals surface area contributed by atoms with E-state index in [1.165, 1.54) is 32.4 Å². The van der Waals surface area contributed by atoms with Crippen LogP contribution in [-0.2, 0) is 19.6 Å². The first-order chi connectivity index (χ1) is 9.70. The molecule has 1 aromatic rings. The molecule has 0 saturated heterocycles. The monoisotopic (exact) mass is 314 g/mol. The first kappa shape index (κ1) is 17.1. The summed E-state index contributed by atoms with van der Waals surface area (Å²) in [7, 11) is -1.22. The molecule has 0 saturated carbocycles. The largest absolute Gasteiger partial charge is 0.469 e. The number of rotatable bonds is 6. The van der Waals surface area contributed by atoms with E-state index in [0.29, 0.717) is 5.56 Å². The molecule has 0 spiro atoms. The third-order valence-corrected chi connectivity index (χ3v) is 4.89. The van der Waals surface area contributed by atoms with Gasteiger partial charge in [-0.25, -0.2) is 12.7 Å². The number of carbonyl (C=O) groups excluding carboxylic acids is 2. The molecule has 0 radical (unpaired) electrons. The molecular formula is C13H18N2O5S. The van der Waals surface area contributed by atoms with Gasteiger partial charge in [-0.05, 0) is 24.6 Å². The van der Waals surface area contributed by atoms with Crippen molar-refractivity contribution in [2.75, 3.05) is 20.7 Å². The van der Waals surface area contributed by atoms with Crippen molar-refractivity contribution in [2.45, 2.75) is 18.2 Å². The minimum Gasteiger partial charge on any atom is -0.469 e. The third kappa shape index (κ3) is 4.02. The number of amides is 1. The van der Waals surface area contributed by atoms with Gasteiger partial charge in [-0.1, -0.05) is 6.07 Å². The molecule has 7 nitrogen and oxygen atoms in total. The topological polar surface area (TPSA) is 107 Å². The number of esters is 1. The predicted molar refractivity (Wildman–Crippen MR) is 76.1 cm³/mol. The molecule has 0 atom stereocenters.